The van der Waals surface area contributed by atoms with E-state index < -0.39 is 48.5 Å². The second-order valence-corrected chi connectivity index (χ2v) is 7.19. The van der Waals surface area contributed by atoms with Crippen molar-refractivity contribution in [2.45, 2.75) is 19.3 Å². The summed E-state index contributed by atoms with van der Waals surface area (Å²) in [5.41, 5.74) is 2.50. The van der Waals surface area contributed by atoms with E-state index in [1.165, 1.54) is 12.3 Å². The Kier molecular flexibility index (Phi) is 7.99. The second kappa shape index (κ2) is 10.1. The Morgan fingerprint density at radius 2 is 1.72 bits per heavy atom. The number of hydrogen-bond donors (Lipinski definition) is 2. The van der Waals surface area contributed by atoms with E-state index in [0.29, 0.717) is 15.6 Å². The number of phenolic OH excluding ortho intramolecular Hbond substituents is 1. The molecule has 0 heterocycles. The van der Waals surface area contributed by atoms with Gasteiger partial charge in [0.2, 0.25) is 0 Å². The molecule has 0 bridgehead atoms. The number of rotatable bonds is 7. The fourth-order valence-electron chi connectivity index (χ4n) is 2.29. The topological polar surface area (TPSA) is 80.2 Å². The highest BCUT2D eigenvalue weighted by atomic mass is 79.9. The van der Waals surface area contributed by atoms with Crippen LogP contribution in [0.1, 0.15) is 21.5 Å². The Morgan fingerprint density at radius 3 is 2.31 bits per heavy atom. The van der Waals surface area contributed by atoms with Gasteiger partial charge in [-0.3, -0.25) is 4.79 Å². The summed E-state index contributed by atoms with van der Waals surface area (Å²) in [6.07, 6.45) is -8.18. The first-order valence-corrected chi connectivity index (χ1v) is 9.40. The van der Waals surface area contributed by atoms with E-state index in [9.17, 15) is 36.2 Å². The first-order chi connectivity index (χ1) is 14.7. The van der Waals surface area contributed by atoms with Gasteiger partial charge < -0.3 is 14.6 Å². The molecule has 2 aromatic rings. The van der Waals surface area contributed by atoms with Gasteiger partial charge in [0.25, 0.3) is 5.91 Å². The lowest BCUT2D eigenvalue weighted by atomic mass is 10.1. The summed E-state index contributed by atoms with van der Waals surface area (Å²) in [7, 11) is 0. The summed E-state index contributed by atoms with van der Waals surface area (Å²) in [5, 5.41) is 13.4. The van der Waals surface area contributed by atoms with Crippen molar-refractivity contribution < 1.29 is 45.7 Å². The lowest BCUT2D eigenvalue weighted by molar-refractivity contribution is -0.154. The number of halogens is 7. The fraction of sp³-hybridized carbons (Fsp3) is 0.263. The predicted molar refractivity (Wildman–Crippen MR) is 105 cm³/mol. The quantitative estimate of drug-likeness (QED) is 0.297. The highest BCUT2D eigenvalue weighted by molar-refractivity contribution is 9.10. The number of phenols is 1. The molecule has 2 aromatic carbocycles. The number of amides is 1. The number of alkyl halides is 6. The van der Waals surface area contributed by atoms with Crippen LogP contribution in [-0.4, -0.2) is 42.8 Å². The third-order valence-corrected chi connectivity index (χ3v) is 4.25. The number of aryl methyl sites for hydroxylation is 1. The van der Waals surface area contributed by atoms with Gasteiger partial charge in [0.05, 0.1) is 16.3 Å². The Morgan fingerprint density at radius 1 is 1.09 bits per heavy atom. The van der Waals surface area contributed by atoms with Crippen molar-refractivity contribution in [1.82, 2.24) is 5.43 Å². The smallest absolute Gasteiger partial charge is 0.422 e. The van der Waals surface area contributed by atoms with Crippen molar-refractivity contribution in [3.8, 4) is 17.2 Å². The molecule has 2 rings (SSSR count). The zero-order chi connectivity index (χ0) is 24.1. The van der Waals surface area contributed by atoms with Crippen LogP contribution in [0.3, 0.4) is 0 Å². The van der Waals surface area contributed by atoms with E-state index in [4.69, 9.17) is 0 Å². The molecule has 0 fully saturated rings. The Balaban J connectivity index is 2.23. The summed E-state index contributed by atoms with van der Waals surface area (Å²) < 4.78 is 83.9. The number of carbonyl (C=O) groups is 1. The summed E-state index contributed by atoms with van der Waals surface area (Å²) >= 11 is 3.13. The Hall–Kier alpha value is -2.96. The molecule has 0 aromatic heterocycles. The average molecular weight is 529 g/mol. The number of benzene rings is 2. The number of nitrogens with one attached hydrogen (secondary N) is 1. The highest BCUT2D eigenvalue weighted by Gasteiger charge is 2.30. The van der Waals surface area contributed by atoms with E-state index >= 15 is 0 Å². The van der Waals surface area contributed by atoms with Crippen LogP contribution in [0.2, 0.25) is 0 Å². The molecule has 0 saturated carbocycles. The molecule has 174 valence electrons. The van der Waals surface area contributed by atoms with E-state index in [0.717, 1.165) is 18.2 Å². The molecule has 0 spiro atoms. The van der Waals surface area contributed by atoms with Crippen LogP contribution in [0.4, 0.5) is 26.3 Å². The van der Waals surface area contributed by atoms with Crippen molar-refractivity contribution in [2.24, 2.45) is 5.10 Å². The molecule has 0 aliphatic carbocycles. The van der Waals surface area contributed by atoms with Gasteiger partial charge in [-0.2, -0.15) is 31.4 Å². The van der Waals surface area contributed by atoms with Crippen molar-refractivity contribution in [2.75, 3.05) is 13.2 Å². The van der Waals surface area contributed by atoms with Gasteiger partial charge >= 0.3 is 12.4 Å². The molecule has 0 unspecified atom stereocenters. The van der Waals surface area contributed by atoms with Crippen LogP contribution in [0, 0.1) is 6.92 Å². The zero-order valence-electron chi connectivity index (χ0n) is 16.1. The average Bonchev–Trinajstić information content (AvgIpc) is 2.67. The highest BCUT2D eigenvalue weighted by Crippen LogP contribution is 2.29. The second-order valence-electron chi connectivity index (χ2n) is 6.33. The predicted octanol–water partition coefficient (Wildman–Crippen LogP) is 5.11. The number of carbonyl (C=O) groups excluding carboxylic acids is 1. The number of aromatic hydroxyl groups is 1. The van der Waals surface area contributed by atoms with Crippen LogP contribution in [-0.2, 0) is 0 Å². The molecule has 0 aliphatic rings. The van der Waals surface area contributed by atoms with Gasteiger partial charge in [-0.05, 0) is 64.3 Å². The van der Waals surface area contributed by atoms with Gasteiger partial charge in [0.15, 0.2) is 13.2 Å². The SMILES string of the molecule is Cc1cc(/C=N/NC(=O)c2cc(OCC(F)(F)F)ccc2OCC(F)(F)F)cc(Br)c1O. The summed E-state index contributed by atoms with van der Waals surface area (Å²) in [5.74, 6) is -1.98. The third-order valence-electron chi connectivity index (χ3n) is 3.65. The summed E-state index contributed by atoms with van der Waals surface area (Å²) in [6, 6.07) is 5.66. The van der Waals surface area contributed by atoms with Gasteiger partial charge in [0, 0.05) is 0 Å². The van der Waals surface area contributed by atoms with Gasteiger partial charge in [-0.15, -0.1) is 0 Å². The molecule has 6 nitrogen and oxygen atoms in total. The number of nitrogens with zero attached hydrogens (tertiary/aromatic N) is 1. The lowest BCUT2D eigenvalue weighted by Gasteiger charge is -2.14. The molecular formula is C19H15BrF6N2O4. The van der Waals surface area contributed by atoms with Crippen LogP contribution in [0.5, 0.6) is 17.2 Å². The molecule has 0 aliphatic heterocycles. The maximum atomic E-state index is 12.5. The maximum Gasteiger partial charge on any atom is 0.422 e. The molecule has 1 amide bonds. The van der Waals surface area contributed by atoms with Crippen molar-refractivity contribution in [3.05, 3.63) is 51.5 Å². The van der Waals surface area contributed by atoms with Crippen molar-refractivity contribution in [1.29, 1.82) is 0 Å². The molecule has 32 heavy (non-hydrogen) atoms. The van der Waals surface area contributed by atoms with Gasteiger partial charge in [0.1, 0.15) is 17.2 Å². The molecule has 2 N–H and O–H groups in total. The Bertz CT molecular complexity index is 985. The minimum Gasteiger partial charge on any atom is -0.506 e. The van der Waals surface area contributed by atoms with E-state index in [1.807, 2.05) is 0 Å². The normalized spacial score (nSPS) is 12.1. The lowest BCUT2D eigenvalue weighted by Crippen LogP contribution is -2.23. The van der Waals surface area contributed by atoms with Gasteiger partial charge in [-0.25, -0.2) is 5.43 Å². The minimum atomic E-state index is -4.71. The third kappa shape index (κ3) is 7.94. The van der Waals surface area contributed by atoms with Crippen LogP contribution < -0.4 is 14.9 Å². The molecule has 0 atom stereocenters. The first-order valence-electron chi connectivity index (χ1n) is 8.61. The van der Waals surface area contributed by atoms with E-state index in [2.05, 4.69) is 35.9 Å². The zero-order valence-corrected chi connectivity index (χ0v) is 17.7. The molecular weight excluding hydrogens is 514 g/mol. The van der Waals surface area contributed by atoms with Gasteiger partial charge in [-0.1, -0.05) is 0 Å². The molecule has 0 radical (unpaired) electrons. The number of ether oxygens (including phenoxy) is 2. The molecule has 13 heteroatoms. The minimum absolute atomic E-state index is 0.00770. The Labute approximate surface area is 186 Å². The molecule has 0 saturated heterocycles. The summed E-state index contributed by atoms with van der Waals surface area (Å²) in [4.78, 5) is 12.4. The van der Waals surface area contributed by atoms with Crippen LogP contribution >= 0.6 is 15.9 Å². The van der Waals surface area contributed by atoms with E-state index in [1.54, 1.807) is 13.0 Å². The van der Waals surface area contributed by atoms with Crippen LogP contribution in [0.25, 0.3) is 0 Å². The standard InChI is InChI=1S/C19H15BrF6N2O4/c1-10-4-11(5-14(20)16(10)29)7-27-28-17(30)13-6-12(31-8-18(21,22)23)2-3-15(13)32-9-19(24,25)26/h2-7,29H,8-9H2,1H3,(H,28,30)/b27-7+. The van der Waals surface area contributed by atoms with Crippen molar-refractivity contribution in [3.63, 3.8) is 0 Å². The van der Waals surface area contributed by atoms with E-state index in [-0.39, 0.29) is 5.75 Å². The van der Waals surface area contributed by atoms with Crippen molar-refractivity contribution >= 4 is 28.1 Å². The van der Waals surface area contributed by atoms with Crippen LogP contribution in [0.15, 0.2) is 39.9 Å². The summed E-state index contributed by atoms with van der Waals surface area (Å²) in [6.45, 7) is -1.77. The largest absolute Gasteiger partial charge is 0.506 e. The number of hydrogen-bond acceptors (Lipinski definition) is 5. The maximum absolute atomic E-state index is 12.5. The first kappa shape index (κ1) is 25.3. The monoisotopic (exact) mass is 528 g/mol. The fourth-order valence-corrected chi connectivity index (χ4v) is 2.87. The number of hydrazone groups is 1.